The van der Waals surface area contributed by atoms with Crippen LogP contribution in [0, 0.1) is 0 Å². The molecular formula is C14H19N3OS2. The first-order valence-corrected chi connectivity index (χ1v) is 8.51. The smallest absolute Gasteiger partial charge is 0.244 e. The molecule has 0 aliphatic carbocycles. The molecule has 1 aromatic carbocycles. The van der Waals surface area contributed by atoms with Crippen molar-refractivity contribution in [1.29, 1.82) is 0 Å². The number of thiazole rings is 1. The lowest BCUT2D eigenvalue weighted by molar-refractivity contribution is -0.121. The third-order valence-corrected chi connectivity index (χ3v) is 4.99. The van der Waals surface area contributed by atoms with E-state index in [0.29, 0.717) is 0 Å². The summed E-state index contributed by atoms with van der Waals surface area (Å²) < 4.78 is 2.13. The number of likely N-dealkylation sites (N-methyl/N-ethyl adjacent to an activating group) is 1. The molecule has 0 atom stereocenters. The summed E-state index contributed by atoms with van der Waals surface area (Å²) in [6.45, 7) is 6.50. The molecule has 0 saturated carbocycles. The van der Waals surface area contributed by atoms with Crippen LogP contribution < -0.4 is 10.6 Å². The Bertz CT molecular complexity index is 622. The number of aromatic nitrogens is 1. The molecule has 0 radical (unpaired) electrons. The lowest BCUT2D eigenvalue weighted by Gasteiger charge is -2.24. The van der Waals surface area contributed by atoms with E-state index in [4.69, 9.17) is 0 Å². The molecule has 6 heteroatoms. The van der Waals surface area contributed by atoms with E-state index in [9.17, 15) is 4.79 Å². The molecule has 1 aromatic heterocycles. The number of nitrogens with one attached hydrogen (secondary N) is 2. The number of anilines is 1. The molecule has 0 spiro atoms. The molecule has 0 aliphatic rings. The van der Waals surface area contributed by atoms with E-state index in [1.807, 2.05) is 45.2 Å². The van der Waals surface area contributed by atoms with Gasteiger partial charge in [-0.15, -0.1) is 11.3 Å². The maximum Gasteiger partial charge on any atom is 0.244 e. The molecule has 0 saturated heterocycles. The first kappa shape index (κ1) is 15.3. The minimum Gasteiger partial charge on any atom is -0.324 e. The number of hydrogen-bond donors (Lipinski definition) is 2. The lowest BCUT2D eigenvalue weighted by Crippen LogP contribution is -2.49. The van der Waals surface area contributed by atoms with Crippen LogP contribution >= 0.6 is 23.1 Å². The minimum atomic E-state index is -0.582. The van der Waals surface area contributed by atoms with Crippen molar-refractivity contribution in [3.63, 3.8) is 0 Å². The van der Waals surface area contributed by atoms with Crippen molar-refractivity contribution < 1.29 is 4.79 Å². The Hall–Kier alpha value is -1.11. The SMILES string of the molecule is CCNC(C)(C)C(=O)Nc1ccc2nc(SC)sc2c1. The summed E-state index contributed by atoms with van der Waals surface area (Å²) in [5.41, 5.74) is 1.20. The van der Waals surface area contributed by atoms with Crippen molar-refractivity contribution in [2.45, 2.75) is 30.6 Å². The minimum absolute atomic E-state index is 0.0340. The molecule has 108 valence electrons. The number of carbonyl (C=O) groups is 1. The largest absolute Gasteiger partial charge is 0.324 e. The maximum absolute atomic E-state index is 12.2. The van der Waals surface area contributed by atoms with Crippen LogP contribution in [0.3, 0.4) is 0 Å². The quantitative estimate of drug-likeness (QED) is 0.832. The third kappa shape index (κ3) is 3.31. The van der Waals surface area contributed by atoms with E-state index in [2.05, 4.69) is 15.6 Å². The summed E-state index contributed by atoms with van der Waals surface area (Å²) >= 11 is 3.28. The highest BCUT2D eigenvalue weighted by molar-refractivity contribution is 8.00. The second-order valence-electron chi connectivity index (χ2n) is 4.98. The summed E-state index contributed by atoms with van der Waals surface area (Å²) in [7, 11) is 0. The molecule has 4 nitrogen and oxygen atoms in total. The average Bonchev–Trinajstić information content (AvgIpc) is 2.80. The molecule has 0 unspecified atom stereocenters. The van der Waals surface area contributed by atoms with Gasteiger partial charge in [-0.1, -0.05) is 18.7 Å². The Kier molecular flexibility index (Phi) is 4.67. The topological polar surface area (TPSA) is 54.0 Å². The highest BCUT2D eigenvalue weighted by Crippen LogP contribution is 2.30. The zero-order chi connectivity index (χ0) is 14.8. The number of thioether (sulfide) groups is 1. The monoisotopic (exact) mass is 309 g/mol. The fourth-order valence-corrected chi connectivity index (χ4v) is 3.41. The predicted octanol–water partition coefficient (Wildman–Crippen LogP) is 3.34. The molecule has 1 heterocycles. The number of hydrogen-bond acceptors (Lipinski definition) is 5. The van der Waals surface area contributed by atoms with Gasteiger partial charge in [-0.3, -0.25) is 4.79 Å². The predicted molar refractivity (Wildman–Crippen MR) is 87.8 cm³/mol. The van der Waals surface area contributed by atoms with Crippen molar-refractivity contribution in [2.24, 2.45) is 0 Å². The van der Waals surface area contributed by atoms with Gasteiger partial charge < -0.3 is 10.6 Å². The second kappa shape index (κ2) is 6.11. The van der Waals surface area contributed by atoms with Crippen molar-refractivity contribution >= 4 is 44.9 Å². The van der Waals surface area contributed by atoms with Gasteiger partial charge in [0.15, 0.2) is 4.34 Å². The lowest BCUT2D eigenvalue weighted by atomic mass is 10.0. The highest BCUT2D eigenvalue weighted by atomic mass is 32.2. The zero-order valence-corrected chi connectivity index (χ0v) is 13.7. The molecule has 20 heavy (non-hydrogen) atoms. The number of nitrogens with zero attached hydrogens (tertiary/aromatic N) is 1. The van der Waals surface area contributed by atoms with Crippen molar-refractivity contribution in [3.8, 4) is 0 Å². The Morgan fingerprint density at radius 3 is 2.85 bits per heavy atom. The van der Waals surface area contributed by atoms with Gasteiger partial charge in [0, 0.05) is 5.69 Å². The zero-order valence-electron chi connectivity index (χ0n) is 12.1. The van der Waals surface area contributed by atoms with Gasteiger partial charge in [-0.05, 0) is 44.8 Å². The molecule has 0 fully saturated rings. The molecule has 2 N–H and O–H groups in total. The Morgan fingerprint density at radius 2 is 2.20 bits per heavy atom. The van der Waals surface area contributed by atoms with Gasteiger partial charge in [-0.2, -0.15) is 0 Å². The molecule has 2 rings (SSSR count). The summed E-state index contributed by atoms with van der Waals surface area (Å²) in [5.74, 6) is -0.0340. The number of benzene rings is 1. The van der Waals surface area contributed by atoms with E-state index in [1.54, 1.807) is 23.1 Å². The van der Waals surface area contributed by atoms with E-state index in [-0.39, 0.29) is 5.91 Å². The molecule has 1 amide bonds. The Labute approximate surface area is 127 Å². The molecule has 2 aromatic rings. The number of carbonyl (C=O) groups excluding carboxylic acids is 1. The first-order valence-electron chi connectivity index (χ1n) is 6.47. The normalized spacial score (nSPS) is 11.8. The van der Waals surface area contributed by atoms with Gasteiger partial charge in [0.25, 0.3) is 0 Å². The van der Waals surface area contributed by atoms with E-state index >= 15 is 0 Å². The summed E-state index contributed by atoms with van der Waals surface area (Å²) in [6, 6.07) is 5.82. The van der Waals surface area contributed by atoms with Gasteiger partial charge in [-0.25, -0.2) is 4.98 Å². The van der Waals surface area contributed by atoms with E-state index < -0.39 is 5.54 Å². The first-order chi connectivity index (χ1) is 9.46. The van der Waals surface area contributed by atoms with Crippen LogP contribution in [0.25, 0.3) is 10.2 Å². The van der Waals surface area contributed by atoms with E-state index in [1.165, 1.54) is 0 Å². The standard InChI is InChI=1S/C14H19N3OS2/c1-5-15-14(2,3)12(18)16-9-6-7-10-11(8-9)20-13(17-10)19-4/h6-8,15H,5H2,1-4H3,(H,16,18). The summed E-state index contributed by atoms with van der Waals surface area (Å²) in [6.07, 6.45) is 2.01. The molecular weight excluding hydrogens is 290 g/mol. The van der Waals surface area contributed by atoms with Crippen LogP contribution in [-0.2, 0) is 4.79 Å². The van der Waals surface area contributed by atoms with Gasteiger partial charge >= 0.3 is 0 Å². The van der Waals surface area contributed by atoms with Crippen LogP contribution in [0.1, 0.15) is 20.8 Å². The number of amides is 1. The Morgan fingerprint density at radius 1 is 1.45 bits per heavy atom. The van der Waals surface area contributed by atoms with Crippen molar-refractivity contribution in [2.75, 3.05) is 18.1 Å². The van der Waals surface area contributed by atoms with Gasteiger partial charge in [0.05, 0.1) is 15.8 Å². The van der Waals surface area contributed by atoms with Crippen LogP contribution in [0.5, 0.6) is 0 Å². The summed E-state index contributed by atoms with van der Waals surface area (Å²) in [5, 5.41) is 6.12. The highest BCUT2D eigenvalue weighted by Gasteiger charge is 2.26. The fraction of sp³-hybridized carbons (Fsp3) is 0.429. The third-order valence-electron chi connectivity index (χ3n) is 2.99. The Balaban J connectivity index is 2.19. The van der Waals surface area contributed by atoms with Crippen molar-refractivity contribution in [1.82, 2.24) is 10.3 Å². The van der Waals surface area contributed by atoms with Crippen LogP contribution in [0.4, 0.5) is 5.69 Å². The number of rotatable bonds is 5. The van der Waals surface area contributed by atoms with Crippen LogP contribution in [0.2, 0.25) is 0 Å². The summed E-state index contributed by atoms with van der Waals surface area (Å²) in [4.78, 5) is 16.7. The van der Waals surface area contributed by atoms with Gasteiger partial charge in [0.1, 0.15) is 0 Å². The van der Waals surface area contributed by atoms with Crippen molar-refractivity contribution in [3.05, 3.63) is 18.2 Å². The van der Waals surface area contributed by atoms with Crippen LogP contribution in [-0.4, -0.2) is 29.2 Å². The molecule has 0 aliphatic heterocycles. The van der Waals surface area contributed by atoms with Crippen LogP contribution in [0.15, 0.2) is 22.5 Å². The fourth-order valence-electron chi connectivity index (χ4n) is 1.88. The average molecular weight is 309 g/mol. The molecule has 0 bridgehead atoms. The maximum atomic E-state index is 12.2. The van der Waals surface area contributed by atoms with Gasteiger partial charge in [0.2, 0.25) is 5.91 Å². The van der Waals surface area contributed by atoms with E-state index in [0.717, 1.165) is 26.8 Å². The number of fused-ring (bicyclic) bond motifs is 1. The second-order valence-corrected chi connectivity index (χ2v) is 7.06.